The van der Waals surface area contributed by atoms with E-state index in [0.29, 0.717) is 36.4 Å². The molecule has 8 heteroatoms. The number of aromatic amines is 1. The minimum absolute atomic E-state index is 0.0493. The quantitative estimate of drug-likeness (QED) is 0.438. The van der Waals surface area contributed by atoms with Crippen LogP contribution >= 0.6 is 15.9 Å². The molecule has 0 radical (unpaired) electrons. The number of carbonyl (C=O) groups is 1. The molecule has 0 aliphatic carbocycles. The number of ether oxygens (including phenoxy) is 1. The number of benzene rings is 2. The average Bonchev–Trinajstić information content (AvgIpc) is 3.44. The van der Waals surface area contributed by atoms with Crippen LogP contribution in [0.4, 0.5) is 5.69 Å². The first kappa shape index (κ1) is 20.6. The maximum atomic E-state index is 13.6. The molecule has 0 saturated carbocycles. The number of aromatic nitrogens is 3. The zero-order valence-electron chi connectivity index (χ0n) is 18.2. The zero-order chi connectivity index (χ0) is 22.7. The molecule has 7 nitrogen and oxygen atoms in total. The molecule has 2 aromatic heterocycles. The molecule has 0 spiro atoms. The summed E-state index contributed by atoms with van der Waals surface area (Å²) >= 11 is 3.51. The van der Waals surface area contributed by atoms with Crippen molar-refractivity contribution < 1.29 is 9.53 Å². The van der Waals surface area contributed by atoms with Gasteiger partial charge in [-0.2, -0.15) is 0 Å². The van der Waals surface area contributed by atoms with Gasteiger partial charge in [0, 0.05) is 41.4 Å². The Morgan fingerprint density at radius 3 is 2.82 bits per heavy atom. The number of fused-ring (bicyclic) bond motifs is 4. The fourth-order valence-corrected chi connectivity index (χ4v) is 5.55. The summed E-state index contributed by atoms with van der Waals surface area (Å²) in [6.45, 7) is 4.00. The van der Waals surface area contributed by atoms with E-state index in [2.05, 4.69) is 32.0 Å². The Morgan fingerprint density at radius 2 is 2.00 bits per heavy atom. The highest BCUT2D eigenvalue weighted by molar-refractivity contribution is 9.10. The molecule has 33 heavy (non-hydrogen) atoms. The summed E-state index contributed by atoms with van der Waals surface area (Å²) in [4.78, 5) is 35.8. The van der Waals surface area contributed by atoms with Gasteiger partial charge in [0.05, 0.1) is 17.2 Å². The number of rotatable bonds is 2. The van der Waals surface area contributed by atoms with E-state index >= 15 is 0 Å². The van der Waals surface area contributed by atoms with Gasteiger partial charge in [-0.05, 0) is 67.6 Å². The van der Waals surface area contributed by atoms with E-state index in [9.17, 15) is 9.59 Å². The molecule has 2 aliphatic heterocycles. The van der Waals surface area contributed by atoms with Crippen LogP contribution in [0.15, 0.2) is 45.8 Å². The van der Waals surface area contributed by atoms with Gasteiger partial charge in [0.15, 0.2) is 0 Å². The predicted octanol–water partition coefficient (Wildman–Crippen LogP) is 4.34. The number of H-pyrrole nitrogens is 1. The van der Waals surface area contributed by atoms with Crippen molar-refractivity contribution in [2.75, 3.05) is 24.7 Å². The molecule has 2 aromatic carbocycles. The van der Waals surface area contributed by atoms with Gasteiger partial charge in [-0.15, -0.1) is 0 Å². The maximum Gasteiger partial charge on any atom is 0.274 e. The smallest absolute Gasteiger partial charge is 0.274 e. The number of anilines is 1. The second kappa shape index (κ2) is 7.81. The third-order valence-corrected chi connectivity index (χ3v) is 7.35. The largest absolute Gasteiger partial charge is 0.381 e. The molecule has 168 valence electrons. The van der Waals surface area contributed by atoms with Gasteiger partial charge in [0.25, 0.3) is 11.5 Å². The van der Waals surface area contributed by atoms with E-state index in [-0.39, 0.29) is 17.4 Å². The average molecular weight is 507 g/mol. The molecule has 0 atom stereocenters. The summed E-state index contributed by atoms with van der Waals surface area (Å²) in [7, 11) is 0. The van der Waals surface area contributed by atoms with Gasteiger partial charge in [0.1, 0.15) is 11.3 Å². The molecule has 2 aliphatic rings. The highest BCUT2D eigenvalue weighted by Crippen LogP contribution is 2.33. The topological polar surface area (TPSA) is 79.7 Å². The number of amides is 1. The molecule has 4 heterocycles. The third-order valence-electron chi connectivity index (χ3n) is 6.85. The van der Waals surface area contributed by atoms with Crippen LogP contribution in [0.1, 0.15) is 46.1 Å². The van der Waals surface area contributed by atoms with E-state index in [1.807, 2.05) is 40.5 Å². The number of hydrogen-bond acceptors (Lipinski definition) is 4. The summed E-state index contributed by atoms with van der Waals surface area (Å²) < 4.78 is 8.49. The SMILES string of the molecule is Cc1cc2c(cc1C(=O)N1CCc3cc(Br)ccc31)[nH]c(=O)c1cnc(C3CCOCC3)n12. The standard InChI is InChI=1S/C25H23BrN4O3/c1-14-10-21-19(12-18(14)25(32)29-7-4-16-11-17(26)2-3-20(16)29)28-24(31)22-13-27-23(30(21)22)15-5-8-33-9-6-15/h2-3,10-13,15H,4-9H2,1H3,(H,28,31). The summed E-state index contributed by atoms with van der Waals surface area (Å²) in [6, 6.07) is 9.83. The normalized spacial score (nSPS) is 16.6. The van der Waals surface area contributed by atoms with Gasteiger partial charge in [-0.1, -0.05) is 15.9 Å². The number of hydrogen-bond donors (Lipinski definition) is 1. The summed E-state index contributed by atoms with van der Waals surface area (Å²) in [5.74, 6) is 1.09. The van der Waals surface area contributed by atoms with E-state index in [1.54, 1.807) is 6.20 Å². The number of carbonyl (C=O) groups excluding carboxylic acids is 1. The van der Waals surface area contributed by atoms with Crippen LogP contribution in [0.2, 0.25) is 0 Å². The molecule has 1 amide bonds. The van der Waals surface area contributed by atoms with E-state index in [0.717, 1.165) is 51.9 Å². The van der Waals surface area contributed by atoms with Gasteiger partial charge in [-0.3, -0.25) is 14.0 Å². The van der Waals surface area contributed by atoms with Gasteiger partial charge < -0.3 is 14.6 Å². The molecular formula is C25H23BrN4O3. The monoisotopic (exact) mass is 506 g/mol. The lowest BCUT2D eigenvalue weighted by atomic mass is 9.99. The summed E-state index contributed by atoms with van der Waals surface area (Å²) in [5, 5.41) is 0. The minimum Gasteiger partial charge on any atom is -0.381 e. The van der Waals surface area contributed by atoms with Crippen molar-refractivity contribution in [3.05, 3.63) is 73.9 Å². The van der Waals surface area contributed by atoms with E-state index < -0.39 is 0 Å². The zero-order valence-corrected chi connectivity index (χ0v) is 19.8. The minimum atomic E-state index is -0.202. The first-order valence-electron chi connectivity index (χ1n) is 11.2. The second-order valence-electron chi connectivity index (χ2n) is 8.84. The van der Waals surface area contributed by atoms with Crippen molar-refractivity contribution in [2.24, 2.45) is 0 Å². The lowest BCUT2D eigenvalue weighted by Crippen LogP contribution is -2.29. The molecular weight excluding hydrogens is 484 g/mol. The van der Waals surface area contributed by atoms with Crippen molar-refractivity contribution in [1.82, 2.24) is 14.4 Å². The number of imidazole rings is 1. The van der Waals surface area contributed by atoms with Crippen molar-refractivity contribution >= 4 is 44.1 Å². The fraction of sp³-hybridized carbons (Fsp3) is 0.320. The molecule has 1 saturated heterocycles. The Balaban J connectivity index is 1.48. The van der Waals surface area contributed by atoms with Crippen molar-refractivity contribution in [3.63, 3.8) is 0 Å². The highest BCUT2D eigenvalue weighted by Gasteiger charge is 2.28. The number of aryl methyl sites for hydroxylation is 1. The van der Waals surface area contributed by atoms with Crippen LogP contribution in [0.5, 0.6) is 0 Å². The number of nitrogens with one attached hydrogen (secondary N) is 1. The van der Waals surface area contributed by atoms with Gasteiger partial charge in [-0.25, -0.2) is 4.98 Å². The molecule has 0 unspecified atom stereocenters. The summed E-state index contributed by atoms with van der Waals surface area (Å²) in [5.41, 5.74) is 5.41. The lowest BCUT2D eigenvalue weighted by molar-refractivity contribution is 0.0835. The van der Waals surface area contributed by atoms with Crippen LogP contribution in [0.3, 0.4) is 0 Å². The van der Waals surface area contributed by atoms with Crippen LogP contribution in [-0.2, 0) is 11.2 Å². The second-order valence-corrected chi connectivity index (χ2v) is 9.76. The van der Waals surface area contributed by atoms with E-state index in [1.165, 1.54) is 0 Å². The fourth-order valence-electron chi connectivity index (χ4n) is 5.14. The molecule has 6 rings (SSSR count). The first-order valence-corrected chi connectivity index (χ1v) is 12.0. The van der Waals surface area contributed by atoms with Crippen molar-refractivity contribution in [1.29, 1.82) is 0 Å². The van der Waals surface area contributed by atoms with Gasteiger partial charge in [0.2, 0.25) is 0 Å². The van der Waals surface area contributed by atoms with Gasteiger partial charge >= 0.3 is 0 Å². The highest BCUT2D eigenvalue weighted by atomic mass is 79.9. The van der Waals surface area contributed by atoms with Crippen LogP contribution in [-0.4, -0.2) is 40.0 Å². The maximum absolute atomic E-state index is 13.6. The molecule has 1 fully saturated rings. The Hall–Kier alpha value is -2.97. The van der Waals surface area contributed by atoms with Crippen molar-refractivity contribution in [2.45, 2.75) is 32.1 Å². The molecule has 4 aromatic rings. The predicted molar refractivity (Wildman–Crippen MR) is 130 cm³/mol. The third kappa shape index (κ3) is 3.31. The Morgan fingerprint density at radius 1 is 1.18 bits per heavy atom. The first-order chi connectivity index (χ1) is 16.0. The Bertz CT molecular complexity index is 1480. The van der Waals surface area contributed by atoms with E-state index in [4.69, 9.17) is 4.74 Å². The number of halogens is 1. The van der Waals surface area contributed by atoms with Crippen LogP contribution in [0, 0.1) is 6.92 Å². The summed E-state index contributed by atoms with van der Waals surface area (Å²) in [6.07, 6.45) is 4.24. The molecule has 1 N–H and O–H groups in total. The lowest BCUT2D eigenvalue weighted by Gasteiger charge is -2.22. The van der Waals surface area contributed by atoms with Crippen LogP contribution in [0.25, 0.3) is 16.6 Å². The Kier molecular flexibility index (Phi) is 4.88. The Labute approximate surface area is 198 Å². The number of nitrogens with zero attached hydrogens (tertiary/aromatic N) is 3. The molecule has 0 bridgehead atoms. The van der Waals surface area contributed by atoms with Crippen LogP contribution < -0.4 is 10.5 Å². The van der Waals surface area contributed by atoms with Crippen molar-refractivity contribution in [3.8, 4) is 0 Å².